The van der Waals surface area contributed by atoms with E-state index < -0.39 is 28.4 Å². The van der Waals surface area contributed by atoms with E-state index >= 15 is 0 Å². The zero-order valence-corrected chi connectivity index (χ0v) is 10.8. The number of anilines is 3. The van der Waals surface area contributed by atoms with E-state index in [1.54, 1.807) is 0 Å². The summed E-state index contributed by atoms with van der Waals surface area (Å²) in [7, 11) is 1.43. The van der Waals surface area contributed by atoms with Crippen LogP contribution >= 0.6 is 0 Å². The Hall–Kier alpha value is -2.77. The minimum Gasteiger partial charge on any atom is -0.383 e. The number of halogens is 2. The molecule has 0 aromatic heterocycles. The molecule has 1 heterocycles. The second-order valence-electron chi connectivity index (χ2n) is 4.53. The molecule has 0 fully saturated rings. The molecule has 0 radical (unpaired) electrons. The van der Waals surface area contributed by atoms with Crippen molar-refractivity contribution >= 4 is 23.0 Å². The number of carbonyl (C=O) groups is 1. The number of hydrogen-bond donors (Lipinski definition) is 3. The van der Waals surface area contributed by atoms with Crippen LogP contribution in [0.15, 0.2) is 15.7 Å². The summed E-state index contributed by atoms with van der Waals surface area (Å²) in [5.41, 5.74) is -2.19. The standard InChI is InChI=1S/C13H9F2N3O3/c1-16-9-10(12(20)11(9)19)18-8-6(15)2-5(14)4-3-17-13(21)7(4)8/h2,16,18H,3H2,1H3,(H,17,21). The van der Waals surface area contributed by atoms with Gasteiger partial charge in [-0.15, -0.1) is 0 Å². The molecule has 0 bridgehead atoms. The number of fused-ring (bicyclic) bond motifs is 1. The Labute approximate surface area is 116 Å². The van der Waals surface area contributed by atoms with Crippen LogP contribution in [0.5, 0.6) is 0 Å². The zero-order chi connectivity index (χ0) is 15.3. The van der Waals surface area contributed by atoms with Gasteiger partial charge < -0.3 is 16.0 Å². The number of amides is 1. The normalized spacial score (nSPS) is 13.2. The monoisotopic (exact) mass is 293 g/mol. The maximum absolute atomic E-state index is 13.9. The fraction of sp³-hybridized carbons (Fsp3) is 0.154. The summed E-state index contributed by atoms with van der Waals surface area (Å²) in [6, 6.07) is 0.631. The Bertz CT molecular complexity index is 853. The van der Waals surface area contributed by atoms with E-state index in [-0.39, 0.29) is 34.7 Å². The summed E-state index contributed by atoms with van der Waals surface area (Å²) >= 11 is 0. The van der Waals surface area contributed by atoms with Crippen molar-refractivity contribution in [1.29, 1.82) is 0 Å². The number of hydrogen-bond acceptors (Lipinski definition) is 5. The van der Waals surface area contributed by atoms with Gasteiger partial charge in [0, 0.05) is 25.2 Å². The molecule has 3 rings (SSSR count). The van der Waals surface area contributed by atoms with E-state index in [0.29, 0.717) is 6.07 Å². The molecule has 2 aromatic carbocycles. The van der Waals surface area contributed by atoms with Gasteiger partial charge in [-0.3, -0.25) is 14.4 Å². The lowest BCUT2D eigenvalue weighted by atomic mass is 10.1. The van der Waals surface area contributed by atoms with Crippen LogP contribution in [0.4, 0.5) is 25.8 Å². The summed E-state index contributed by atoms with van der Waals surface area (Å²) in [6.07, 6.45) is 0. The Morgan fingerprint density at radius 1 is 1.05 bits per heavy atom. The van der Waals surface area contributed by atoms with Crippen LogP contribution in [0.2, 0.25) is 0 Å². The van der Waals surface area contributed by atoms with Gasteiger partial charge >= 0.3 is 0 Å². The second-order valence-corrected chi connectivity index (χ2v) is 4.53. The largest absolute Gasteiger partial charge is 0.383 e. The van der Waals surface area contributed by atoms with Crippen LogP contribution in [0.3, 0.4) is 0 Å². The molecular weight excluding hydrogens is 284 g/mol. The minimum absolute atomic E-state index is 0.00381. The lowest BCUT2D eigenvalue weighted by Gasteiger charge is -2.15. The van der Waals surface area contributed by atoms with Gasteiger partial charge in [-0.2, -0.15) is 0 Å². The van der Waals surface area contributed by atoms with E-state index in [1.807, 2.05) is 0 Å². The smallest absolute Gasteiger partial charge is 0.254 e. The van der Waals surface area contributed by atoms with Gasteiger partial charge in [-0.1, -0.05) is 0 Å². The van der Waals surface area contributed by atoms with Gasteiger partial charge in [0.1, 0.15) is 23.0 Å². The fourth-order valence-electron chi connectivity index (χ4n) is 2.34. The molecule has 1 aliphatic rings. The molecule has 8 heteroatoms. The fourth-order valence-corrected chi connectivity index (χ4v) is 2.34. The maximum Gasteiger partial charge on any atom is 0.254 e. The first kappa shape index (κ1) is 13.2. The Kier molecular flexibility index (Phi) is 2.75. The van der Waals surface area contributed by atoms with Crippen molar-refractivity contribution in [3.8, 4) is 0 Å². The van der Waals surface area contributed by atoms with Crippen molar-refractivity contribution in [2.24, 2.45) is 0 Å². The maximum atomic E-state index is 13.9. The van der Waals surface area contributed by atoms with Crippen molar-refractivity contribution in [2.75, 3.05) is 17.7 Å². The van der Waals surface area contributed by atoms with Crippen LogP contribution in [0, 0.1) is 11.6 Å². The first-order valence-corrected chi connectivity index (χ1v) is 6.02. The van der Waals surface area contributed by atoms with Crippen LogP contribution in [-0.4, -0.2) is 13.0 Å². The molecule has 0 aliphatic carbocycles. The highest BCUT2D eigenvalue weighted by Gasteiger charge is 2.30. The molecule has 0 saturated carbocycles. The highest BCUT2D eigenvalue weighted by Crippen LogP contribution is 2.32. The summed E-state index contributed by atoms with van der Waals surface area (Å²) < 4.78 is 27.5. The molecule has 3 N–H and O–H groups in total. The summed E-state index contributed by atoms with van der Waals surface area (Å²) in [5.74, 6) is -2.50. The minimum atomic E-state index is -1.02. The third-order valence-electron chi connectivity index (χ3n) is 3.40. The van der Waals surface area contributed by atoms with Crippen molar-refractivity contribution in [1.82, 2.24) is 5.32 Å². The average Bonchev–Trinajstić information content (AvgIpc) is 2.84. The van der Waals surface area contributed by atoms with Crippen molar-refractivity contribution in [3.63, 3.8) is 0 Å². The van der Waals surface area contributed by atoms with E-state index in [1.165, 1.54) is 7.05 Å². The number of carbonyl (C=O) groups excluding carboxylic acids is 1. The quantitative estimate of drug-likeness (QED) is 0.721. The molecule has 1 aliphatic heterocycles. The third kappa shape index (κ3) is 1.72. The van der Waals surface area contributed by atoms with E-state index in [9.17, 15) is 23.2 Å². The molecule has 0 spiro atoms. The van der Waals surface area contributed by atoms with Crippen LogP contribution < -0.4 is 26.8 Å². The zero-order valence-electron chi connectivity index (χ0n) is 10.8. The molecule has 1 amide bonds. The van der Waals surface area contributed by atoms with Crippen molar-refractivity contribution < 1.29 is 13.6 Å². The van der Waals surface area contributed by atoms with Gasteiger partial charge in [-0.25, -0.2) is 8.78 Å². The number of benzene rings is 1. The van der Waals surface area contributed by atoms with Crippen LogP contribution in [0.1, 0.15) is 15.9 Å². The SMILES string of the molecule is CNc1c(Nc2c(F)cc(F)c3c2C(=O)NC3)c(=O)c1=O. The summed E-state index contributed by atoms with van der Waals surface area (Å²) in [6.45, 7) is -0.0558. The lowest BCUT2D eigenvalue weighted by molar-refractivity contribution is 0.0966. The van der Waals surface area contributed by atoms with Gasteiger partial charge in [-0.05, 0) is 0 Å². The number of nitrogens with one attached hydrogen (secondary N) is 3. The highest BCUT2D eigenvalue weighted by atomic mass is 19.1. The van der Waals surface area contributed by atoms with E-state index in [0.717, 1.165) is 0 Å². The summed E-state index contributed by atoms with van der Waals surface area (Å²) in [4.78, 5) is 34.5. The third-order valence-corrected chi connectivity index (χ3v) is 3.40. The molecule has 0 atom stereocenters. The van der Waals surface area contributed by atoms with Gasteiger partial charge in [0.25, 0.3) is 16.8 Å². The molecule has 0 unspecified atom stereocenters. The van der Waals surface area contributed by atoms with E-state index in [2.05, 4.69) is 16.0 Å². The second kappa shape index (κ2) is 4.37. The number of rotatable bonds is 3. The van der Waals surface area contributed by atoms with Gasteiger partial charge in [0.05, 0.1) is 11.3 Å². The first-order chi connectivity index (χ1) is 9.95. The van der Waals surface area contributed by atoms with Crippen molar-refractivity contribution in [3.05, 3.63) is 49.3 Å². The predicted molar refractivity (Wildman–Crippen MR) is 71.7 cm³/mol. The van der Waals surface area contributed by atoms with Gasteiger partial charge in [0.2, 0.25) is 0 Å². The van der Waals surface area contributed by atoms with Gasteiger partial charge in [0.15, 0.2) is 0 Å². The van der Waals surface area contributed by atoms with Crippen molar-refractivity contribution in [2.45, 2.75) is 6.54 Å². The Balaban J connectivity index is 2.15. The van der Waals surface area contributed by atoms with Crippen LogP contribution in [-0.2, 0) is 6.54 Å². The molecule has 2 aromatic rings. The molecule has 108 valence electrons. The summed E-state index contributed by atoms with van der Waals surface area (Å²) in [5, 5.41) is 7.32. The first-order valence-electron chi connectivity index (χ1n) is 6.02. The lowest BCUT2D eigenvalue weighted by Crippen LogP contribution is -2.36. The topological polar surface area (TPSA) is 87.3 Å². The molecule has 0 saturated heterocycles. The highest BCUT2D eigenvalue weighted by molar-refractivity contribution is 6.04. The predicted octanol–water partition coefficient (Wildman–Crippen LogP) is 0.590. The average molecular weight is 293 g/mol. The van der Waals surface area contributed by atoms with Crippen LogP contribution in [0.25, 0.3) is 0 Å². The molecular formula is C13H9F2N3O3. The Morgan fingerprint density at radius 2 is 1.71 bits per heavy atom. The van der Waals surface area contributed by atoms with E-state index in [4.69, 9.17) is 0 Å². The Morgan fingerprint density at radius 3 is 2.38 bits per heavy atom. The molecule has 6 nitrogen and oxygen atoms in total. The molecule has 21 heavy (non-hydrogen) atoms.